The summed E-state index contributed by atoms with van der Waals surface area (Å²) in [5.41, 5.74) is -1.89. The van der Waals surface area contributed by atoms with Crippen LogP contribution in [0.5, 0.6) is 5.88 Å². The molecule has 0 unspecified atom stereocenters. The van der Waals surface area contributed by atoms with Crippen LogP contribution in [0.3, 0.4) is 0 Å². The van der Waals surface area contributed by atoms with Gasteiger partial charge in [0.1, 0.15) is 11.3 Å². The van der Waals surface area contributed by atoms with E-state index in [2.05, 4.69) is 9.72 Å². The summed E-state index contributed by atoms with van der Waals surface area (Å²) < 4.78 is 39.3. The fourth-order valence-electron chi connectivity index (χ4n) is 1.19. The molecular weight excluding hydrogens is 281 g/mol. The summed E-state index contributed by atoms with van der Waals surface area (Å²) in [4.78, 5) is 23.8. The number of pyridine rings is 1. The molecule has 0 aliphatic carbocycles. The lowest BCUT2D eigenvalue weighted by Gasteiger charge is -2.09. The molecule has 0 bridgehead atoms. The second kappa shape index (κ2) is 4.77. The van der Waals surface area contributed by atoms with E-state index in [4.69, 9.17) is 11.6 Å². The van der Waals surface area contributed by atoms with E-state index >= 15 is 0 Å². The van der Waals surface area contributed by atoms with Crippen molar-refractivity contribution in [2.45, 2.75) is 13.3 Å². The molecule has 0 amide bonds. The summed E-state index contributed by atoms with van der Waals surface area (Å²) in [6, 6.07) is 0.466. The smallest absolute Gasteiger partial charge is 0.388 e. The van der Waals surface area contributed by atoms with Crippen molar-refractivity contribution in [3.63, 3.8) is 0 Å². The predicted octanol–water partition coefficient (Wildman–Crippen LogP) is 2.58. The van der Waals surface area contributed by atoms with Crippen molar-refractivity contribution < 1.29 is 27.6 Å². The minimum atomic E-state index is -5.03. The Balaban J connectivity index is 3.37. The van der Waals surface area contributed by atoms with Crippen molar-refractivity contribution in [1.82, 2.24) is 4.98 Å². The van der Waals surface area contributed by atoms with E-state index in [9.17, 15) is 28.1 Å². The molecule has 1 aromatic rings. The highest BCUT2D eigenvalue weighted by Gasteiger charge is 2.34. The minimum absolute atomic E-state index is 0.411. The number of rotatable bonds is 3. The van der Waals surface area contributed by atoms with Gasteiger partial charge in [0.05, 0.1) is 4.92 Å². The summed E-state index contributed by atoms with van der Waals surface area (Å²) in [5.74, 6) is -0.991. The molecule has 18 heavy (non-hydrogen) atoms. The molecule has 0 atom stereocenters. The van der Waals surface area contributed by atoms with Crippen LogP contribution in [0.2, 0.25) is 0 Å². The third kappa shape index (κ3) is 3.29. The summed E-state index contributed by atoms with van der Waals surface area (Å²) in [5, 5.41) is 9.36. The third-order valence-corrected chi connectivity index (χ3v) is 1.96. The molecule has 1 heterocycles. The highest BCUT2D eigenvalue weighted by atomic mass is 35.5. The maximum atomic E-state index is 12.0. The van der Waals surface area contributed by atoms with Gasteiger partial charge >= 0.3 is 12.0 Å². The summed E-state index contributed by atoms with van der Waals surface area (Å²) >= 11 is 5.06. The molecule has 0 spiro atoms. The van der Waals surface area contributed by atoms with Crippen molar-refractivity contribution >= 4 is 22.5 Å². The lowest BCUT2D eigenvalue weighted by atomic mass is 10.2. The number of hydrogen-bond acceptors (Lipinski definition) is 5. The van der Waals surface area contributed by atoms with Gasteiger partial charge < -0.3 is 4.74 Å². The molecule has 0 aromatic carbocycles. The first kappa shape index (κ1) is 14.2. The van der Waals surface area contributed by atoms with Gasteiger partial charge in [-0.25, -0.2) is 4.98 Å². The van der Waals surface area contributed by atoms with E-state index in [1.807, 2.05) is 0 Å². The van der Waals surface area contributed by atoms with Gasteiger partial charge in [-0.3, -0.25) is 14.9 Å². The number of carbonyl (C=O) groups excluding carboxylic acids is 1. The Kier molecular flexibility index (Phi) is 3.75. The van der Waals surface area contributed by atoms with Crippen molar-refractivity contribution in [1.29, 1.82) is 0 Å². The molecule has 98 valence electrons. The average Bonchev–Trinajstić information content (AvgIpc) is 2.12. The molecule has 0 saturated carbocycles. The standard InChI is InChI=1S/C8H4ClF3N2O4/c1-3-6(14(16)17)4(7(9)15)2-5(13-3)18-8(10,11)12/h2H,1H3. The first-order valence-corrected chi connectivity index (χ1v) is 4.61. The normalized spacial score (nSPS) is 11.2. The fraction of sp³-hybridized carbons (Fsp3) is 0.250. The highest BCUT2D eigenvalue weighted by Crippen LogP contribution is 2.29. The van der Waals surface area contributed by atoms with Gasteiger partial charge in [0.15, 0.2) is 0 Å². The second-order valence-electron chi connectivity index (χ2n) is 3.02. The van der Waals surface area contributed by atoms with Gasteiger partial charge in [0.2, 0.25) is 5.88 Å². The molecule has 0 aliphatic rings. The Bertz CT molecular complexity index is 518. The predicted molar refractivity (Wildman–Crippen MR) is 52.5 cm³/mol. The number of halogens is 4. The molecule has 1 rings (SSSR count). The Morgan fingerprint density at radius 3 is 2.50 bits per heavy atom. The lowest BCUT2D eigenvalue weighted by Crippen LogP contribution is -2.18. The Morgan fingerprint density at radius 2 is 2.11 bits per heavy atom. The number of aryl methyl sites for hydroxylation is 1. The van der Waals surface area contributed by atoms with Gasteiger partial charge in [-0.1, -0.05) is 0 Å². The van der Waals surface area contributed by atoms with Gasteiger partial charge in [0.25, 0.3) is 5.24 Å². The van der Waals surface area contributed by atoms with Crippen molar-refractivity contribution in [2.24, 2.45) is 0 Å². The van der Waals surface area contributed by atoms with Crippen LogP contribution in [0.4, 0.5) is 18.9 Å². The number of hydrogen-bond donors (Lipinski definition) is 0. The topological polar surface area (TPSA) is 82.3 Å². The van der Waals surface area contributed by atoms with Gasteiger partial charge in [-0.2, -0.15) is 0 Å². The minimum Gasteiger partial charge on any atom is -0.388 e. The van der Waals surface area contributed by atoms with E-state index in [1.54, 1.807) is 0 Å². The maximum absolute atomic E-state index is 12.0. The van der Waals surface area contributed by atoms with Crippen LogP contribution in [0.25, 0.3) is 0 Å². The van der Waals surface area contributed by atoms with E-state index in [-0.39, 0.29) is 0 Å². The van der Waals surface area contributed by atoms with Crippen molar-refractivity contribution in [2.75, 3.05) is 0 Å². The van der Waals surface area contributed by atoms with E-state index < -0.39 is 39.4 Å². The van der Waals surface area contributed by atoms with Gasteiger partial charge in [0, 0.05) is 6.07 Å². The molecular formula is C8H4ClF3N2O4. The zero-order valence-electron chi connectivity index (χ0n) is 8.62. The monoisotopic (exact) mass is 284 g/mol. The Morgan fingerprint density at radius 1 is 1.56 bits per heavy atom. The van der Waals surface area contributed by atoms with Crippen LogP contribution in [-0.2, 0) is 0 Å². The molecule has 0 fully saturated rings. The van der Waals surface area contributed by atoms with Crippen LogP contribution < -0.4 is 4.74 Å². The first-order valence-electron chi connectivity index (χ1n) is 4.23. The van der Waals surface area contributed by atoms with E-state index in [1.165, 1.54) is 0 Å². The molecule has 0 aliphatic heterocycles. The van der Waals surface area contributed by atoms with Crippen molar-refractivity contribution in [3.8, 4) is 5.88 Å². The summed E-state index contributed by atoms with van der Waals surface area (Å²) in [7, 11) is 0. The van der Waals surface area contributed by atoms with Gasteiger partial charge in [-0.15, -0.1) is 13.2 Å². The molecule has 0 saturated heterocycles. The van der Waals surface area contributed by atoms with Crippen LogP contribution in [0.15, 0.2) is 6.07 Å². The second-order valence-corrected chi connectivity index (χ2v) is 3.36. The third-order valence-electron chi connectivity index (χ3n) is 1.76. The number of alkyl halides is 3. The molecule has 0 N–H and O–H groups in total. The van der Waals surface area contributed by atoms with Crippen LogP contribution in [0, 0.1) is 17.0 Å². The largest absolute Gasteiger partial charge is 0.574 e. The number of carbonyl (C=O) groups is 1. The number of nitrogens with zero attached hydrogens (tertiary/aromatic N) is 2. The number of nitro groups is 1. The Hall–Kier alpha value is -1.90. The molecule has 6 nitrogen and oxygen atoms in total. The number of ether oxygens (including phenoxy) is 1. The maximum Gasteiger partial charge on any atom is 0.574 e. The summed E-state index contributed by atoms with van der Waals surface area (Å²) in [6.07, 6.45) is -5.03. The van der Waals surface area contributed by atoms with Crippen LogP contribution in [-0.4, -0.2) is 21.5 Å². The summed E-state index contributed by atoms with van der Waals surface area (Å²) in [6.45, 7) is 1.06. The molecule has 10 heteroatoms. The van der Waals surface area contributed by atoms with Gasteiger partial charge in [-0.05, 0) is 18.5 Å². The zero-order chi connectivity index (χ0) is 14.1. The Labute approximate surface area is 102 Å². The van der Waals surface area contributed by atoms with E-state index in [0.717, 1.165) is 6.92 Å². The lowest BCUT2D eigenvalue weighted by molar-refractivity contribution is -0.386. The van der Waals surface area contributed by atoms with E-state index in [0.29, 0.717) is 6.07 Å². The zero-order valence-corrected chi connectivity index (χ0v) is 9.37. The first-order chi connectivity index (χ1) is 8.11. The molecule has 1 aromatic heterocycles. The average molecular weight is 285 g/mol. The van der Waals surface area contributed by atoms with Crippen molar-refractivity contribution in [3.05, 3.63) is 27.4 Å². The quantitative estimate of drug-likeness (QED) is 0.484. The van der Waals surface area contributed by atoms with Crippen LogP contribution >= 0.6 is 11.6 Å². The fourth-order valence-corrected chi connectivity index (χ4v) is 1.33. The number of aromatic nitrogens is 1. The van der Waals surface area contributed by atoms with Crippen LogP contribution in [0.1, 0.15) is 16.1 Å². The SMILES string of the molecule is Cc1nc(OC(F)(F)F)cc(C(=O)Cl)c1[N+](=O)[O-]. The molecule has 0 radical (unpaired) electrons. The highest BCUT2D eigenvalue weighted by molar-refractivity contribution is 6.68.